The van der Waals surface area contributed by atoms with E-state index >= 15 is 0 Å². The first kappa shape index (κ1) is 31.2. The first-order valence-electron chi connectivity index (χ1n) is 15.9. The lowest BCUT2D eigenvalue weighted by Crippen LogP contribution is -2.61. The van der Waals surface area contributed by atoms with Crippen LogP contribution in [0.1, 0.15) is 60.3 Å². The number of thiophene rings is 1. The first-order valence-corrected chi connectivity index (χ1v) is 16.7. The van der Waals surface area contributed by atoms with Gasteiger partial charge in [-0.05, 0) is 60.9 Å². The fourth-order valence-corrected chi connectivity index (χ4v) is 8.60. The van der Waals surface area contributed by atoms with Crippen LogP contribution in [0.2, 0.25) is 0 Å². The third-order valence-corrected chi connectivity index (χ3v) is 11.3. The fraction of sp³-hybridized carbons (Fsp3) is 0.441. The Balaban J connectivity index is 1.13. The molecule has 13 heteroatoms. The molecule has 2 unspecified atom stereocenters. The molecule has 1 spiro atoms. The summed E-state index contributed by atoms with van der Waals surface area (Å²) in [5.41, 5.74) is 0.628. The number of anilines is 1. The van der Waals surface area contributed by atoms with E-state index < -0.39 is 35.2 Å². The number of hydrogen-bond acceptors (Lipinski definition) is 6. The molecule has 3 fully saturated rings. The average Bonchev–Trinajstić information content (AvgIpc) is 3.81. The molecule has 0 bridgehead atoms. The van der Waals surface area contributed by atoms with Gasteiger partial charge >= 0.3 is 0 Å². The molecule has 0 radical (unpaired) electrons. The van der Waals surface area contributed by atoms with Crippen LogP contribution < -0.4 is 10.6 Å². The summed E-state index contributed by atoms with van der Waals surface area (Å²) in [4.78, 5) is 72.7. The number of alkyl halides is 2. The number of likely N-dealkylation sites (tertiary alicyclic amines) is 1. The van der Waals surface area contributed by atoms with Crippen LogP contribution in [0.5, 0.6) is 0 Å². The molecule has 7 rings (SSSR count). The van der Waals surface area contributed by atoms with E-state index in [1.807, 2.05) is 24.3 Å². The third kappa shape index (κ3) is 5.34. The number of halogens is 2. The largest absolute Gasteiger partial charge is 0.340 e. The smallest absolute Gasteiger partial charge is 0.270 e. The van der Waals surface area contributed by atoms with E-state index in [-0.39, 0.29) is 47.3 Å². The molecule has 1 aromatic heterocycles. The van der Waals surface area contributed by atoms with E-state index in [1.54, 1.807) is 15.9 Å². The normalized spacial score (nSPS) is 25.9. The van der Waals surface area contributed by atoms with Crippen LogP contribution in [0.25, 0.3) is 10.1 Å². The van der Waals surface area contributed by atoms with Crippen molar-refractivity contribution in [1.82, 2.24) is 20.0 Å². The van der Waals surface area contributed by atoms with Gasteiger partial charge in [-0.25, -0.2) is 8.78 Å². The van der Waals surface area contributed by atoms with Gasteiger partial charge in [0.05, 0.1) is 10.3 Å². The lowest BCUT2D eigenvalue weighted by atomic mass is 9.81. The molecule has 246 valence electrons. The van der Waals surface area contributed by atoms with Gasteiger partial charge in [-0.1, -0.05) is 24.3 Å². The van der Waals surface area contributed by atoms with E-state index in [9.17, 15) is 32.8 Å². The summed E-state index contributed by atoms with van der Waals surface area (Å²) in [6.07, 6.45) is 1.97. The lowest BCUT2D eigenvalue weighted by Gasteiger charge is -2.39. The Kier molecular flexibility index (Phi) is 7.57. The van der Waals surface area contributed by atoms with Crippen LogP contribution in [-0.4, -0.2) is 88.5 Å². The molecule has 5 heterocycles. The van der Waals surface area contributed by atoms with Gasteiger partial charge in [0.1, 0.15) is 12.1 Å². The van der Waals surface area contributed by atoms with E-state index in [4.69, 9.17) is 0 Å². The summed E-state index contributed by atoms with van der Waals surface area (Å²) in [6, 6.07) is 11.1. The second kappa shape index (κ2) is 11.4. The summed E-state index contributed by atoms with van der Waals surface area (Å²) < 4.78 is 28.5. The van der Waals surface area contributed by atoms with Crippen LogP contribution in [-0.2, 0) is 30.5 Å². The topological polar surface area (TPSA) is 119 Å². The van der Waals surface area contributed by atoms with Crippen molar-refractivity contribution in [3.05, 3.63) is 64.5 Å². The molecule has 0 saturated carbocycles. The van der Waals surface area contributed by atoms with Crippen LogP contribution in [0, 0.1) is 0 Å². The number of benzene rings is 2. The van der Waals surface area contributed by atoms with Gasteiger partial charge in [0.2, 0.25) is 23.6 Å². The van der Waals surface area contributed by atoms with Crippen molar-refractivity contribution in [1.29, 1.82) is 0 Å². The molecule has 4 aliphatic heterocycles. The minimum atomic E-state index is -3.04. The second-order valence-corrected chi connectivity index (χ2v) is 14.2. The monoisotopic (exact) mass is 663 g/mol. The second-order valence-electron chi connectivity index (χ2n) is 13.1. The number of rotatable bonds is 4. The highest BCUT2D eigenvalue weighted by Crippen LogP contribution is 2.45. The van der Waals surface area contributed by atoms with Crippen molar-refractivity contribution < 1.29 is 32.8 Å². The molecule has 2 N–H and O–H groups in total. The first-order chi connectivity index (χ1) is 22.4. The molecule has 4 atom stereocenters. The Bertz CT molecular complexity index is 1820. The van der Waals surface area contributed by atoms with Crippen molar-refractivity contribution in [3.63, 3.8) is 0 Å². The summed E-state index contributed by atoms with van der Waals surface area (Å²) >= 11 is 1.12. The number of amides is 5. The number of carbonyl (C=O) groups excluding carboxylic acids is 5. The van der Waals surface area contributed by atoms with Gasteiger partial charge in [0.15, 0.2) is 0 Å². The molecule has 4 aliphatic rings. The van der Waals surface area contributed by atoms with E-state index in [1.165, 1.54) is 30.0 Å². The van der Waals surface area contributed by atoms with Gasteiger partial charge in [-0.3, -0.25) is 24.0 Å². The highest BCUT2D eigenvalue weighted by atomic mass is 32.1. The van der Waals surface area contributed by atoms with Crippen molar-refractivity contribution in [2.75, 3.05) is 31.5 Å². The molecule has 5 amide bonds. The lowest BCUT2D eigenvalue weighted by molar-refractivity contribution is -0.148. The summed E-state index contributed by atoms with van der Waals surface area (Å²) in [6.45, 7) is 3.11. The van der Waals surface area contributed by atoms with Crippen molar-refractivity contribution >= 4 is 56.6 Å². The highest BCUT2D eigenvalue weighted by molar-refractivity contribution is 7.20. The van der Waals surface area contributed by atoms with Crippen molar-refractivity contribution in [2.24, 2.45) is 0 Å². The number of fused-ring (bicyclic) bond motifs is 4. The zero-order valence-electron chi connectivity index (χ0n) is 26.1. The quantitative estimate of drug-likeness (QED) is 0.440. The summed E-state index contributed by atoms with van der Waals surface area (Å²) in [7, 11) is 0. The zero-order valence-corrected chi connectivity index (χ0v) is 26.9. The number of carbonyl (C=O) groups is 5. The Hall–Kier alpha value is -4.39. The maximum Gasteiger partial charge on any atom is 0.270 e. The van der Waals surface area contributed by atoms with E-state index in [2.05, 4.69) is 10.6 Å². The van der Waals surface area contributed by atoms with Gasteiger partial charge in [-0.2, -0.15) is 0 Å². The van der Waals surface area contributed by atoms with Gasteiger partial charge in [-0.15, -0.1) is 11.3 Å². The van der Waals surface area contributed by atoms with Crippen LogP contribution in [0.15, 0.2) is 48.5 Å². The van der Waals surface area contributed by atoms with Crippen molar-refractivity contribution in [3.8, 4) is 0 Å². The maximum atomic E-state index is 14.3. The Morgan fingerprint density at radius 3 is 2.57 bits per heavy atom. The minimum Gasteiger partial charge on any atom is -0.340 e. The standard InChI is InChI=1S/C34H35F2N5O5S/c1-19(42)39-13-11-22-8-9-26(31(45)40-14-12-34(18-40)23-5-3-4-6-24(23)38-32(34)46)41(22)30(44)25(17-39)37-29(43)28-16-20-15-21(33(2,35)36)7-10-27(20)47-28/h3-7,10,15-16,22,25-26H,8-9,11-14,17-18H2,1-2H3,(H,37,43)(H,38,46)/t22-,25?,26+,34?/m1/s1. The molecule has 0 aliphatic carbocycles. The fourth-order valence-electron chi connectivity index (χ4n) is 7.66. The summed E-state index contributed by atoms with van der Waals surface area (Å²) in [5.74, 6) is -4.64. The molecular formula is C34H35F2N5O5S. The Morgan fingerprint density at radius 1 is 1.02 bits per heavy atom. The SMILES string of the molecule is CC(=O)N1CC[C@H]2CC[C@@H](C(=O)N3CCC4(C3)C(=O)Nc3ccccc34)N2C(=O)C(NC(=O)c2cc3cc(C(C)(F)F)ccc3s2)C1. The third-order valence-electron chi connectivity index (χ3n) is 10.2. The van der Waals surface area contributed by atoms with Gasteiger partial charge in [0.25, 0.3) is 11.8 Å². The highest BCUT2D eigenvalue weighted by Gasteiger charge is 2.54. The molecule has 10 nitrogen and oxygen atoms in total. The maximum absolute atomic E-state index is 14.3. The predicted octanol–water partition coefficient (Wildman–Crippen LogP) is 3.85. The molecule has 47 heavy (non-hydrogen) atoms. The minimum absolute atomic E-state index is 0.0646. The van der Waals surface area contributed by atoms with Gasteiger partial charge in [0, 0.05) is 62.0 Å². The summed E-state index contributed by atoms with van der Waals surface area (Å²) in [5, 5.41) is 6.24. The average molecular weight is 664 g/mol. The predicted molar refractivity (Wildman–Crippen MR) is 171 cm³/mol. The Labute approximate surface area is 274 Å². The van der Waals surface area contributed by atoms with E-state index in [0.717, 1.165) is 29.5 Å². The van der Waals surface area contributed by atoms with Crippen LogP contribution in [0.4, 0.5) is 14.5 Å². The molecule has 3 saturated heterocycles. The van der Waals surface area contributed by atoms with E-state index in [0.29, 0.717) is 48.9 Å². The number of hydrogen-bond donors (Lipinski definition) is 2. The number of nitrogens with one attached hydrogen (secondary N) is 2. The van der Waals surface area contributed by atoms with Crippen LogP contribution >= 0.6 is 11.3 Å². The molecule has 3 aromatic rings. The molecular weight excluding hydrogens is 628 g/mol. The Morgan fingerprint density at radius 2 is 1.81 bits per heavy atom. The number of nitrogens with zero attached hydrogens (tertiary/aromatic N) is 3. The zero-order chi connectivity index (χ0) is 33.2. The number of para-hydroxylation sites is 1. The molecule has 2 aromatic carbocycles. The van der Waals surface area contributed by atoms with Gasteiger partial charge < -0.3 is 25.3 Å². The van der Waals surface area contributed by atoms with Crippen LogP contribution in [0.3, 0.4) is 0 Å². The van der Waals surface area contributed by atoms with Crippen molar-refractivity contribution in [2.45, 2.75) is 69.0 Å².